The zero-order valence-corrected chi connectivity index (χ0v) is 16.6. The van der Waals surface area contributed by atoms with Gasteiger partial charge in [-0.1, -0.05) is 0 Å². The van der Waals surface area contributed by atoms with Crippen molar-refractivity contribution in [2.75, 3.05) is 18.6 Å². The second kappa shape index (κ2) is 6.99. The highest BCUT2D eigenvalue weighted by molar-refractivity contribution is 7.91. The summed E-state index contributed by atoms with van der Waals surface area (Å²) < 4.78 is 30.3. The van der Waals surface area contributed by atoms with E-state index in [1.807, 2.05) is 13.8 Å². The summed E-state index contributed by atoms with van der Waals surface area (Å²) in [4.78, 5) is 24.4. The van der Waals surface area contributed by atoms with Gasteiger partial charge in [0.1, 0.15) is 0 Å². The molecule has 1 aliphatic heterocycles. The maximum absolute atomic E-state index is 12.3. The Labute approximate surface area is 157 Å². The molecule has 3 rings (SSSR count). The van der Waals surface area contributed by atoms with Crippen LogP contribution in [-0.2, 0) is 19.4 Å². The van der Waals surface area contributed by atoms with E-state index >= 15 is 0 Å². The van der Waals surface area contributed by atoms with E-state index in [1.165, 1.54) is 7.11 Å². The zero-order chi connectivity index (χ0) is 19.9. The van der Waals surface area contributed by atoms with Gasteiger partial charge in [0.15, 0.2) is 9.84 Å². The van der Waals surface area contributed by atoms with Crippen LogP contribution in [0.1, 0.15) is 53.0 Å². The predicted molar refractivity (Wildman–Crippen MR) is 98.6 cm³/mol. The smallest absolute Gasteiger partial charge is 0.306 e. The fourth-order valence-corrected chi connectivity index (χ4v) is 5.67. The number of rotatable bonds is 5. The Morgan fingerprint density at radius 2 is 2.00 bits per heavy atom. The molecular formula is C17H24N4O5S. The van der Waals surface area contributed by atoms with Crippen LogP contribution >= 0.6 is 0 Å². The van der Waals surface area contributed by atoms with Crippen LogP contribution in [-0.4, -0.2) is 53.0 Å². The summed E-state index contributed by atoms with van der Waals surface area (Å²) in [6, 6.07) is -0.230. The molecular weight excluding hydrogens is 372 g/mol. The number of hydrogen-bond acceptors (Lipinski definition) is 6. The standard InChI is InChI=1S/C17H24N4O5S/c1-9-16(17(23)19-18-9)13(7-14(22)26-4)15-10(2)20-21(11(15)3)12-5-6-27(24,25)8-12/h12-13H,5-8H2,1-4H3,(H2,18,19,23). The second-order valence-electron chi connectivity index (χ2n) is 7.04. The van der Waals surface area contributed by atoms with Crippen molar-refractivity contribution in [3.63, 3.8) is 0 Å². The van der Waals surface area contributed by atoms with Crippen LogP contribution in [0.15, 0.2) is 4.79 Å². The Bertz CT molecular complexity index is 1030. The predicted octanol–water partition coefficient (Wildman–Crippen LogP) is 0.879. The monoisotopic (exact) mass is 396 g/mol. The van der Waals surface area contributed by atoms with Gasteiger partial charge in [-0.05, 0) is 27.2 Å². The lowest BCUT2D eigenvalue weighted by atomic mass is 9.87. The van der Waals surface area contributed by atoms with Gasteiger partial charge in [-0.2, -0.15) is 5.10 Å². The van der Waals surface area contributed by atoms with Crippen LogP contribution in [0.5, 0.6) is 0 Å². The number of carbonyl (C=O) groups is 1. The molecule has 0 aliphatic carbocycles. The molecule has 9 nitrogen and oxygen atoms in total. The molecule has 27 heavy (non-hydrogen) atoms. The van der Waals surface area contributed by atoms with Crippen molar-refractivity contribution in [3.05, 3.63) is 38.6 Å². The third-order valence-electron chi connectivity index (χ3n) is 5.24. The largest absolute Gasteiger partial charge is 0.469 e. The van der Waals surface area contributed by atoms with Crippen molar-refractivity contribution in [2.24, 2.45) is 0 Å². The number of aromatic amines is 2. The summed E-state index contributed by atoms with van der Waals surface area (Å²) in [6.07, 6.45) is 0.504. The molecule has 148 valence electrons. The minimum Gasteiger partial charge on any atom is -0.469 e. The maximum Gasteiger partial charge on any atom is 0.306 e. The molecule has 2 aromatic heterocycles. The van der Waals surface area contributed by atoms with Gasteiger partial charge in [0, 0.05) is 28.4 Å². The molecule has 1 saturated heterocycles. The molecule has 0 radical (unpaired) electrons. The summed E-state index contributed by atoms with van der Waals surface area (Å²) in [5, 5.41) is 9.90. The van der Waals surface area contributed by atoms with Gasteiger partial charge in [-0.25, -0.2) is 8.42 Å². The Hall–Kier alpha value is -2.36. The number of nitrogens with zero attached hydrogens (tertiary/aromatic N) is 2. The lowest BCUT2D eigenvalue weighted by Crippen LogP contribution is -2.19. The molecule has 2 unspecified atom stereocenters. The molecule has 0 amide bonds. The van der Waals surface area contributed by atoms with Crippen molar-refractivity contribution in [3.8, 4) is 0 Å². The van der Waals surface area contributed by atoms with Gasteiger partial charge in [0.2, 0.25) is 0 Å². The summed E-state index contributed by atoms with van der Waals surface area (Å²) in [6.45, 7) is 5.42. The van der Waals surface area contributed by atoms with E-state index in [-0.39, 0.29) is 29.5 Å². The highest BCUT2D eigenvalue weighted by Gasteiger charge is 2.34. The van der Waals surface area contributed by atoms with Crippen LogP contribution in [0.2, 0.25) is 0 Å². The fraction of sp³-hybridized carbons (Fsp3) is 0.588. The fourth-order valence-electron chi connectivity index (χ4n) is 3.98. The summed E-state index contributed by atoms with van der Waals surface area (Å²) in [5.41, 5.74) is 3.01. The molecule has 1 fully saturated rings. The lowest BCUT2D eigenvalue weighted by Gasteiger charge is -2.17. The Morgan fingerprint density at radius 3 is 2.52 bits per heavy atom. The van der Waals surface area contributed by atoms with E-state index in [4.69, 9.17) is 4.74 Å². The first-order chi connectivity index (χ1) is 12.6. The number of esters is 1. The quantitative estimate of drug-likeness (QED) is 0.722. The molecule has 0 aromatic carbocycles. The Balaban J connectivity index is 2.10. The number of aryl methyl sites for hydroxylation is 2. The summed E-state index contributed by atoms with van der Waals surface area (Å²) in [5.74, 6) is -0.762. The number of nitrogens with one attached hydrogen (secondary N) is 2. The molecule has 0 spiro atoms. The molecule has 0 saturated carbocycles. The number of hydrogen-bond donors (Lipinski definition) is 2. The SMILES string of the molecule is COC(=O)CC(c1c(C)nn(C2CCS(=O)(=O)C2)c1C)c1c(C)[nH][nH]c1=O. The highest BCUT2D eigenvalue weighted by atomic mass is 32.2. The third kappa shape index (κ3) is 3.58. The van der Waals surface area contributed by atoms with Crippen molar-refractivity contribution >= 4 is 15.8 Å². The van der Waals surface area contributed by atoms with Crippen molar-refractivity contribution < 1.29 is 17.9 Å². The Morgan fingerprint density at radius 1 is 1.30 bits per heavy atom. The molecule has 10 heteroatoms. The van der Waals surface area contributed by atoms with E-state index in [0.717, 1.165) is 11.3 Å². The topological polar surface area (TPSA) is 127 Å². The van der Waals surface area contributed by atoms with Crippen LogP contribution in [0.25, 0.3) is 0 Å². The van der Waals surface area contributed by atoms with Gasteiger partial charge in [0.05, 0.1) is 36.8 Å². The number of sulfone groups is 1. The number of H-pyrrole nitrogens is 2. The zero-order valence-electron chi connectivity index (χ0n) is 15.8. The molecule has 2 N–H and O–H groups in total. The molecule has 0 bridgehead atoms. The lowest BCUT2D eigenvalue weighted by molar-refractivity contribution is -0.140. The van der Waals surface area contributed by atoms with Crippen LogP contribution in [0.4, 0.5) is 0 Å². The molecule has 2 aromatic rings. The maximum atomic E-state index is 12.3. The van der Waals surface area contributed by atoms with E-state index in [1.54, 1.807) is 11.6 Å². The molecule has 1 aliphatic rings. The third-order valence-corrected chi connectivity index (χ3v) is 6.99. The summed E-state index contributed by atoms with van der Waals surface area (Å²) >= 11 is 0. The minimum atomic E-state index is -3.06. The molecule has 2 atom stereocenters. The first-order valence-electron chi connectivity index (χ1n) is 8.74. The average Bonchev–Trinajstić information content (AvgIpc) is 3.22. The van der Waals surface area contributed by atoms with Gasteiger partial charge in [-0.15, -0.1) is 0 Å². The molecule has 3 heterocycles. The minimum absolute atomic E-state index is 0.00535. The number of ether oxygens (including phenoxy) is 1. The average molecular weight is 396 g/mol. The van der Waals surface area contributed by atoms with Gasteiger partial charge in [-0.3, -0.25) is 19.4 Å². The van der Waals surface area contributed by atoms with Gasteiger partial charge >= 0.3 is 5.97 Å². The first kappa shape index (κ1) is 19.4. The van der Waals surface area contributed by atoms with E-state index < -0.39 is 21.7 Å². The second-order valence-corrected chi connectivity index (χ2v) is 9.27. The van der Waals surface area contributed by atoms with Crippen molar-refractivity contribution in [2.45, 2.75) is 45.6 Å². The van der Waals surface area contributed by atoms with Crippen molar-refractivity contribution in [1.82, 2.24) is 20.0 Å². The number of aromatic nitrogens is 4. The van der Waals surface area contributed by atoms with E-state index in [9.17, 15) is 18.0 Å². The van der Waals surface area contributed by atoms with Crippen LogP contribution in [0.3, 0.4) is 0 Å². The highest BCUT2D eigenvalue weighted by Crippen LogP contribution is 2.35. The number of carbonyl (C=O) groups excluding carboxylic acids is 1. The first-order valence-corrected chi connectivity index (χ1v) is 10.6. The van der Waals surface area contributed by atoms with Gasteiger partial charge in [0.25, 0.3) is 5.56 Å². The summed E-state index contributed by atoms with van der Waals surface area (Å²) in [7, 11) is -1.75. The Kier molecular flexibility index (Phi) is 5.02. The normalized spacial score (nSPS) is 19.9. The van der Waals surface area contributed by atoms with Gasteiger partial charge < -0.3 is 9.84 Å². The van der Waals surface area contributed by atoms with Crippen molar-refractivity contribution in [1.29, 1.82) is 0 Å². The number of methoxy groups -OCH3 is 1. The van der Waals surface area contributed by atoms with E-state index in [2.05, 4.69) is 15.3 Å². The van der Waals surface area contributed by atoms with Crippen LogP contribution in [0, 0.1) is 20.8 Å². The van der Waals surface area contributed by atoms with E-state index in [0.29, 0.717) is 23.4 Å². The van der Waals surface area contributed by atoms with Crippen LogP contribution < -0.4 is 5.56 Å².